The number of anilines is 1. The summed E-state index contributed by atoms with van der Waals surface area (Å²) in [5.74, 6) is 0.605. The number of carbonyl (C=O) groups excluding carboxylic acids is 2. The molecule has 2 aromatic rings. The molecule has 1 aromatic carbocycles. The molecular formula is C28H34N4O4. The zero-order valence-corrected chi connectivity index (χ0v) is 20.9. The predicted octanol–water partition coefficient (Wildman–Crippen LogP) is 3.74. The number of nitriles is 1. The van der Waals surface area contributed by atoms with Gasteiger partial charge >= 0.3 is 5.97 Å². The van der Waals surface area contributed by atoms with Crippen molar-refractivity contribution in [2.75, 3.05) is 37.7 Å². The topological polar surface area (TPSA) is 95.8 Å². The fraction of sp³-hybridized carbons (Fsp3) is 0.500. The number of benzene rings is 1. The average molecular weight is 491 g/mol. The van der Waals surface area contributed by atoms with E-state index in [1.54, 1.807) is 31.5 Å². The van der Waals surface area contributed by atoms with Gasteiger partial charge in [-0.2, -0.15) is 5.26 Å². The highest BCUT2D eigenvalue weighted by Crippen LogP contribution is 2.29. The number of aryl methyl sites for hydroxylation is 1. The van der Waals surface area contributed by atoms with Crippen LogP contribution in [0.15, 0.2) is 42.7 Å². The molecule has 0 N–H and O–H groups in total. The van der Waals surface area contributed by atoms with E-state index in [4.69, 9.17) is 9.47 Å². The zero-order valence-electron chi connectivity index (χ0n) is 20.9. The van der Waals surface area contributed by atoms with E-state index >= 15 is 0 Å². The fourth-order valence-electron chi connectivity index (χ4n) is 5.09. The number of rotatable bonds is 9. The number of pyridine rings is 1. The normalized spacial score (nSPS) is 18.1. The molecule has 1 atom stereocenters. The van der Waals surface area contributed by atoms with E-state index in [-0.39, 0.29) is 30.3 Å². The smallest absolute Gasteiger partial charge is 0.306 e. The predicted molar refractivity (Wildman–Crippen MR) is 136 cm³/mol. The lowest BCUT2D eigenvalue weighted by molar-refractivity contribution is -0.143. The standard InChI is InChI=1S/C28H34N4O4/c1-2-35-27(33)8-7-22-6-5-21(19-29)18-26(22)36-20-25-4-3-15-32(25)28(34)23-11-16-31(17-12-23)24-9-13-30-14-10-24/h5-6,9-10,13-14,18,23,25H,2-4,7-8,11-12,15-17,20H2,1H3. The number of hydrogen-bond donors (Lipinski definition) is 0. The number of esters is 1. The van der Waals surface area contributed by atoms with Gasteiger partial charge in [0.15, 0.2) is 0 Å². The van der Waals surface area contributed by atoms with Crippen LogP contribution in [-0.2, 0) is 20.7 Å². The van der Waals surface area contributed by atoms with Crippen molar-refractivity contribution in [2.24, 2.45) is 5.92 Å². The van der Waals surface area contributed by atoms with Crippen LogP contribution in [0.5, 0.6) is 5.75 Å². The second kappa shape index (κ2) is 12.4. The first-order valence-corrected chi connectivity index (χ1v) is 12.9. The van der Waals surface area contributed by atoms with Crippen molar-refractivity contribution in [3.05, 3.63) is 53.9 Å². The molecule has 36 heavy (non-hydrogen) atoms. The van der Waals surface area contributed by atoms with Crippen molar-refractivity contribution in [1.29, 1.82) is 5.26 Å². The number of carbonyl (C=O) groups is 2. The second-order valence-electron chi connectivity index (χ2n) is 9.34. The maximum Gasteiger partial charge on any atom is 0.306 e. The molecule has 3 heterocycles. The van der Waals surface area contributed by atoms with Crippen molar-refractivity contribution in [1.82, 2.24) is 9.88 Å². The van der Waals surface area contributed by atoms with Gasteiger partial charge in [-0.15, -0.1) is 0 Å². The van der Waals surface area contributed by atoms with Gasteiger partial charge in [0.05, 0.1) is 24.3 Å². The lowest BCUT2D eigenvalue weighted by atomic mass is 9.94. The molecule has 2 saturated heterocycles. The molecule has 2 aliphatic heterocycles. The Labute approximate surface area is 212 Å². The molecule has 0 radical (unpaired) electrons. The third kappa shape index (κ3) is 6.34. The van der Waals surface area contributed by atoms with Crippen LogP contribution in [0.25, 0.3) is 0 Å². The number of likely N-dealkylation sites (tertiary alicyclic amines) is 1. The summed E-state index contributed by atoms with van der Waals surface area (Å²) >= 11 is 0. The Bertz CT molecular complexity index is 1080. The summed E-state index contributed by atoms with van der Waals surface area (Å²) in [7, 11) is 0. The Hall–Kier alpha value is -3.60. The SMILES string of the molecule is CCOC(=O)CCc1ccc(C#N)cc1OCC1CCCN1C(=O)C1CCN(c2ccncc2)CC1. The van der Waals surface area contributed by atoms with E-state index in [0.29, 0.717) is 30.9 Å². The Morgan fingerprint density at radius 3 is 2.61 bits per heavy atom. The summed E-state index contributed by atoms with van der Waals surface area (Å²) in [4.78, 5) is 33.6. The molecular weight excluding hydrogens is 456 g/mol. The van der Waals surface area contributed by atoms with Crippen molar-refractivity contribution in [3.8, 4) is 11.8 Å². The summed E-state index contributed by atoms with van der Waals surface area (Å²) in [5, 5.41) is 9.33. The third-order valence-electron chi connectivity index (χ3n) is 7.06. The van der Waals surface area contributed by atoms with Crippen LogP contribution in [-0.4, -0.2) is 60.7 Å². The Balaban J connectivity index is 1.34. The van der Waals surface area contributed by atoms with Crippen LogP contribution in [0.1, 0.15) is 50.2 Å². The van der Waals surface area contributed by atoms with Gasteiger partial charge in [0, 0.05) is 50.1 Å². The molecule has 2 aliphatic rings. The number of hydrogen-bond acceptors (Lipinski definition) is 7. The molecule has 0 saturated carbocycles. The molecule has 8 heteroatoms. The van der Waals surface area contributed by atoms with Crippen LogP contribution in [0.3, 0.4) is 0 Å². The van der Waals surface area contributed by atoms with Crippen molar-refractivity contribution >= 4 is 17.6 Å². The molecule has 0 bridgehead atoms. The summed E-state index contributed by atoms with van der Waals surface area (Å²) in [6, 6.07) is 11.5. The molecule has 190 valence electrons. The fourth-order valence-corrected chi connectivity index (χ4v) is 5.09. The first kappa shape index (κ1) is 25.5. The molecule has 2 fully saturated rings. The molecule has 1 amide bonds. The first-order valence-electron chi connectivity index (χ1n) is 12.9. The van der Waals surface area contributed by atoms with Crippen molar-refractivity contribution < 1.29 is 19.1 Å². The van der Waals surface area contributed by atoms with Gasteiger partial charge in [-0.3, -0.25) is 14.6 Å². The lowest BCUT2D eigenvalue weighted by Crippen LogP contribution is -2.46. The van der Waals surface area contributed by atoms with Gasteiger partial charge in [-0.1, -0.05) is 6.07 Å². The second-order valence-corrected chi connectivity index (χ2v) is 9.34. The van der Waals surface area contributed by atoms with Gasteiger partial charge in [0.2, 0.25) is 5.91 Å². The Kier molecular flexibility index (Phi) is 8.77. The highest BCUT2D eigenvalue weighted by molar-refractivity contribution is 5.80. The summed E-state index contributed by atoms with van der Waals surface area (Å²) < 4.78 is 11.2. The molecule has 0 aliphatic carbocycles. The van der Waals surface area contributed by atoms with E-state index in [1.165, 1.54) is 0 Å². The molecule has 1 aromatic heterocycles. The van der Waals surface area contributed by atoms with Gasteiger partial charge in [-0.05, 0) is 68.9 Å². The van der Waals surface area contributed by atoms with E-state index in [0.717, 1.165) is 56.6 Å². The highest BCUT2D eigenvalue weighted by Gasteiger charge is 2.35. The number of nitrogens with zero attached hydrogens (tertiary/aromatic N) is 4. The molecule has 1 unspecified atom stereocenters. The van der Waals surface area contributed by atoms with Gasteiger partial charge in [-0.25, -0.2) is 0 Å². The zero-order chi connectivity index (χ0) is 25.3. The van der Waals surface area contributed by atoms with Crippen LogP contribution in [0, 0.1) is 17.2 Å². The first-order chi connectivity index (χ1) is 17.6. The average Bonchev–Trinajstić information content (AvgIpc) is 3.40. The van der Waals surface area contributed by atoms with Crippen molar-refractivity contribution in [2.45, 2.75) is 51.5 Å². The quantitative estimate of drug-likeness (QED) is 0.494. The maximum atomic E-state index is 13.4. The van der Waals surface area contributed by atoms with Gasteiger partial charge < -0.3 is 19.3 Å². The van der Waals surface area contributed by atoms with Gasteiger partial charge in [0.1, 0.15) is 12.4 Å². The highest BCUT2D eigenvalue weighted by atomic mass is 16.5. The number of amides is 1. The maximum absolute atomic E-state index is 13.4. The van der Waals surface area contributed by atoms with Gasteiger partial charge in [0.25, 0.3) is 0 Å². The van der Waals surface area contributed by atoms with E-state index in [2.05, 4.69) is 16.0 Å². The van der Waals surface area contributed by atoms with Crippen LogP contribution < -0.4 is 9.64 Å². The molecule has 4 rings (SSSR count). The third-order valence-corrected chi connectivity index (χ3v) is 7.06. The minimum Gasteiger partial charge on any atom is -0.491 e. The summed E-state index contributed by atoms with van der Waals surface area (Å²) in [6.45, 7) is 4.99. The number of piperidine rings is 1. The monoisotopic (exact) mass is 490 g/mol. The van der Waals surface area contributed by atoms with Crippen LogP contribution >= 0.6 is 0 Å². The van der Waals surface area contributed by atoms with Crippen LogP contribution in [0.4, 0.5) is 5.69 Å². The minimum atomic E-state index is -0.254. The van der Waals surface area contributed by atoms with E-state index in [1.807, 2.05) is 23.1 Å². The Morgan fingerprint density at radius 2 is 1.89 bits per heavy atom. The molecule has 8 nitrogen and oxygen atoms in total. The van der Waals surface area contributed by atoms with Crippen LogP contribution in [0.2, 0.25) is 0 Å². The van der Waals surface area contributed by atoms with Crippen molar-refractivity contribution in [3.63, 3.8) is 0 Å². The van der Waals surface area contributed by atoms with E-state index < -0.39 is 0 Å². The summed E-state index contributed by atoms with van der Waals surface area (Å²) in [6.07, 6.45) is 7.87. The van der Waals surface area contributed by atoms with E-state index in [9.17, 15) is 14.9 Å². The minimum absolute atomic E-state index is 0.0133. The molecule has 0 spiro atoms. The Morgan fingerprint density at radius 1 is 1.11 bits per heavy atom. The number of aromatic nitrogens is 1. The number of ether oxygens (including phenoxy) is 2. The largest absolute Gasteiger partial charge is 0.491 e. The summed E-state index contributed by atoms with van der Waals surface area (Å²) in [5.41, 5.74) is 2.52. The lowest BCUT2D eigenvalue weighted by Gasteiger charge is -2.36.